The molecule has 2 aliphatic heterocycles. The van der Waals surface area contributed by atoms with Crippen molar-refractivity contribution < 1.29 is 23.9 Å². The van der Waals surface area contributed by atoms with E-state index in [9.17, 15) is 14.4 Å². The van der Waals surface area contributed by atoms with E-state index >= 15 is 0 Å². The van der Waals surface area contributed by atoms with Gasteiger partial charge in [0.05, 0.1) is 26.4 Å². The van der Waals surface area contributed by atoms with E-state index in [1.807, 2.05) is 6.92 Å². The van der Waals surface area contributed by atoms with Gasteiger partial charge in [-0.05, 0) is 12.5 Å². The number of fused-ring (bicyclic) bond motifs is 1. The third kappa shape index (κ3) is 2.28. The van der Waals surface area contributed by atoms with Gasteiger partial charge in [-0.1, -0.05) is 6.92 Å². The summed E-state index contributed by atoms with van der Waals surface area (Å²) in [7, 11) is 1.13. The number of methoxy groups -OCH3 is 1. The highest BCUT2D eigenvalue weighted by molar-refractivity contribution is 6.79. The van der Waals surface area contributed by atoms with Crippen LogP contribution in [-0.4, -0.2) is 54.6 Å². The van der Waals surface area contributed by atoms with E-state index in [1.165, 1.54) is 4.90 Å². The molecule has 0 aromatic heterocycles. The van der Waals surface area contributed by atoms with Gasteiger partial charge in [0, 0.05) is 0 Å². The Bertz CT molecular complexity index is 494. The zero-order chi connectivity index (χ0) is 14.0. The van der Waals surface area contributed by atoms with Crippen LogP contribution in [0.4, 0.5) is 0 Å². The number of hydrogen-bond acceptors (Lipinski definition) is 6. The van der Waals surface area contributed by atoms with E-state index in [1.54, 1.807) is 6.08 Å². The second-order valence-corrected chi connectivity index (χ2v) is 4.12. The fraction of sp³-hybridized carbons (Fsp3) is 0.500. The molecule has 0 fully saturated rings. The largest absolute Gasteiger partial charge is 0.464 e. The molecule has 102 valence electrons. The van der Waals surface area contributed by atoms with E-state index < -0.39 is 23.4 Å². The number of esters is 1. The molecule has 7 nitrogen and oxygen atoms in total. The molecule has 0 N–H and O–H groups in total. The first-order chi connectivity index (χ1) is 9.10. The highest BCUT2D eigenvalue weighted by Gasteiger charge is 2.41. The maximum atomic E-state index is 12.1. The zero-order valence-electron chi connectivity index (χ0n) is 10.7. The van der Waals surface area contributed by atoms with Crippen LogP contribution in [0.15, 0.2) is 16.9 Å². The average molecular weight is 266 g/mol. The van der Waals surface area contributed by atoms with Gasteiger partial charge in [0.1, 0.15) is 5.82 Å². The van der Waals surface area contributed by atoms with Gasteiger partial charge in [-0.15, -0.1) is 0 Å². The van der Waals surface area contributed by atoms with E-state index in [2.05, 4.69) is 9.73 Å². The maximum Gasteiger partial charge on any atom is 0.361 e. The number of nitrogens with zero attached hydrogens (tertiary/aromatic N) is 2. The molecule has 2 rings (SSSR count). The summed E-state index contributed by atoms with van der Waals surface area (Å²) in [6, 6.07) is -0.256. The Morgan fingerprint density at radius 2 is 2.32 bits per heavy atom. The summed E-state index contributed by atoms with van der Waals surface area (Å²) in [6.45, 7) is 2.49. The van der Waals surface area contributed by atoms with Gasteiger partial charge in [-0.25, -0.2) is 9.79 Å². The molecule has 0 aliphatic carbocycles. The first kappa shape index (κ1) is 13.4. The highest BCUT2D eigenvalue weighted by Crippen LogP contribution is 2.22. The minimum atomic E-state index is -0.940. The maximum absolute atomic E-state index is 12.1. The molecule has 0 spiro atoms. The summed E-state index contributed by atoms with van der Waals surface area (Å²) in [5.74, 6) is -2.34. The number of hydrogen-bond donors (Lipinski definition) is 0. The molecule has 0 aromatic rings. The first-order valence-corrected chi connectivity index (χ1v) is 5.93. The lowest BCUT2D eigenvalue weighted by Crippen LogP contribution is -2.50. The second kappa shape index (κ2) is 5.31. The van der Waals surface area contributed by atoms with Crippen molar-refractivity contribution in [3.63, 3.8) is 0 Å². The van der Waals surface area contributed by atoms with Gasteiger partial charge in [-0.3, -0.25) is 14.5 Å². The number of ether oxygens (including phenoxy) is 2. The SMILES string of the molecule is CC[C@H]1COCC=C2N=C(C(=O)OC)C(=O)C(=O)N21. The Morgan fingerprint density at radius 3 is 2.95 bits per heavy atom. The Labute approximate surface area is 109 Å². The number of Topliss-reactive ketones (excluding diaryl/α,β-unsaturated/α-hetero) is 1. The molecule has 0 radical (unpaired) electrons. The van der Waals surface area contributed by atoms with Crippen molar-refractivity contribution in [3.8, 4) is 0 Å². The molecule has 2 heterocycles. The van der Waals surface area contributed by atoms with Crippen LogP contribution < -0.4 is 0 Å². The molecule has 0 unspecified atom stereocenters. The Hall–Kier alpha value is -2.02. The smallest absolute Gasteiger partial charge is 0.361 e. The summed E-state index contributed by atoms with van der Waals surface area (Å²) in [6.07, 6.45) is 2.20. The fourth-order valence-corrected chi connectivity index (χ4v) is 1.98. The predicted octanol–water partition coefficient (Wildman–Crippen LogP) is -0.338. The lowest BCUT2D eigenvalue weighted by Gasteiger charge is -2.31. The van der Waals surface area contributed by atoms with E-state index in [4.69, 9.17) is 4.74 Å². The fourth-order valence-electron chi connectivity index (χ4n) is 1.98. The average Bonchev–Trinajstić information content (AvgIpc) is 2.63. The summed E-state index contributed by atoms with van der Waals surface area (Å²) < 4.78 is 9.78. The van der Waals surface area contributed by atoms with E-state index in [0.717, 1.165) is 7.11 Å². The van der Waals surface area contributed by atoms with Crippen molar-refractivity contribution >= 4 is 23.4 Å². The highest BCUT2D eigenvalue weighted by atomic mass is 16.5. The van der Waals surface area contributed by atoms with Crippen LogP contribution in [0.5, 0.6) is 0 Å². The molecule has 0 saturated carbocycles. The zero-order valence-corrected chi connectivity index (χ0v) is 10.7. The molecular formula is C12H14N2O5. The quantitative estimate of drug-likeness (QED) is 0.504. The van der Waals surface area contributed by atoms with Crippen LogP contribution in [-0.2, 0) is 23.9 Å². The van der Waals surface area contributed by atoms with Crippen molar-refractivity contribution in [2.75, 3.05) is 20.3 Å². The van der Waals surface area contributed by atoms with Crippen LogP contribution in [0.3, 0.4) is 0 Å². The minimum Gasteiger partial charge on any atom is -0.464 e. The molecule has 0 bridgehead atoms. The lowest BCUT2D eigenvalue weighted by atomic mass is 10.1. The van der Waals surface area contributed by atoms with Crippen molar-refractivity contribution in [2.45, 2.75) is 19.4 Å². The van der Waals surface area contributed by atoms with Gasteiger partial charge < -0.3 is 9.47 Å². The van der Waals surface area contributed by atoms with Gasteiger partial charge >= 0.3 is 11.9 Å². The lowest BCUT2D eigenvalue weighted by molar-refractivity contribution is -0.144. The van der Waals surface area contributed by atoms with Crippen LogP contribution in [0.25, 0.3) is 0 Å². The number of ketones is 1. The molecule has 1 atom stereocenters. The molecule has 1 amide bonds. The molecular weight excluding hydrogens is 252 g/mol. The van der Waals surface area contributed by atoms with E-state index in [0.29, 0.717) is 13.0 Å². The monoisotopic (exact) mass is 266 g/mol. The Kier molecular flexibility index (Phi) is 3.75. The predicted molar refractivity (Wildman–Crippen MR) is 64.3 cm³/mol. The van der Waals surface area contributed by atoms with Crippen molar-refractivity contribution in [1.29, 1.82) is 0 Å². The number of aliphatic imine (C=N–C) groups is 1. The summed E-state index contributed by atoms with van der Waals surface area (Å²) >= 11 is 0. The Morgan fingerprint density at radius 1 is 1.58 bits per heavy atom. The Balaban J connectivity index is 2.46. The second-order valence-electron chi connectivity index (χ2n) is 4.12. The topological polar surface area (TPSA) is 85.3 Å². The molecule has 0 aromatic carbocycles. The molecule has 19 heavy (non-hydrogen) atoms. The van der Waals surface area contributed by atoms with Gasteiger partial charge in [0.2, 0.25) is 5.71 Å². The van der Waals surface area contributed by atoms with Crippen LogP contribution in [0, 0.1) is 0 Å². The van der Waals surface area contributed by atoms with Crippen molar-refractivity contribution in [3.05, 3.63) is 11.9 Å². The van der Waals surface area contributed by atoms with Gasteiger partial charge in [0.15, 0.2) is 0 Å². The van der Waals surface area contributed by atoms with Gasteiger partial charge in [0.25, 0.3) is 5.78 Å². The van der Waals surface area contributed by atoms with Crippen molar-refractivity contribution in [2.24, 2.45) is 4.99 Å². The molecule has 7 heteroatoms. The third-order valence-electron chi connectivity index (χ3n) is 3.01. The number of rotatable bonds is 2. The van der Waals surface area contributed by atoms with Gasteiger partial charge in [-0.2, -0.15) is 0 Å². The van der Waals surface area contributed by atoms with Crippen LogP contribution >= 0.6 is 0 Å². The molecule has 0 saturated heterocycles. The summed E-state index contributed by atoms with van der Waals surface area (Å²) in [4.78, 5) is 40.6. The first-order valence-electron chi connectivity index (χ1n) is 5.93. The van der Waals surface area contributed by atoms with Crippen LogP contribution in [0.2, 0.25) is 0 Å². The summed E-state index contributed by atoms with van der Waals surface area (Å²) in [5, 5.41) is 0. The van der Waals surface area contributed by atoms with E-state index in [-0.39, 0.29) is 18.5 Å². The number of amides is 1. The minimum absolute atomic E-state index is 0.256. The summed E-state index contributed by atoms with van der Waals surface area (Å²) in [5.41, 5.74) is -0.480. The number of carbonyl (C=O) groups excluding carboxylic acids is 3. The standard InChI is InChI=1S/C12H14N2O5/c1-3-7-6-19-5-4-8-13-9(12(17)18-2)10(15)11(16)14(7)8/h4,7H,3,5-6H2,1-2H3/t7-/m0/s1. The van der Waals surface area contributed by atoms with Crippen LogP contribution in [0.1, 0.15) is 13.3 Å². The molecule has 2 aliphatic rings. The normalized spacial score (nSPS) is 23.3. The third-order valence-corrected chi connectivity index (χ3v) is 3.01. The number of carbonyl (C=O) groups is 3. The van der Waals surface area contributed by atoms with Crippen molar-refractivity contribution in [1.82, 2.24) is 4.90 Å².